The van der Waals surface area contributed by atoms with Gasteiger partial charge in [-0.1, -0.05) is 0 Å². The van der Waals surface area contributed by atoms with Crippen LogP contribution in [-0.2, 0) is 19.9 Å². The number of rotatable bonds is 2. The fourth-order valence-electron chi connectivity index (χ4n) is 0.0742. The van der Waals surface area contributed by atoms with Crippen LogP contribution in [0.15, 0.2) is 0 Å². The molecule has 0 fully saturated rings. The van der Waals surface area contributed by atoms with Crippen LogP contribution < -0.4 is 0 Å². The van der Waals surface area contributed by atoms with Crippen LogP contribution in [0.3, 0.4) is 0 Å². The topological polar surface area (TPSA) is 63.6 Å². The van der Waals surface area contributed by atoms with Gasteiger partial charge in [-0.3, -0.25) is 4.55 Å². The summed E-state index contributed by atoms with van der Waals surface area (Å²) in [4.78, 5) is 0. The van der Waals surface area contributed by atoms with E-state index in [0.29, 0.717) is 0 Å². The summed E-state index contributed by atoms with van der Waals surface area (Å²) in [6, 6.07) is 0. The van der Waals surface area contributed by atoms with E-state index in [0.717, 1.165) is 0 Å². The summed E-state index contributed by atoms with van der Waals surface area (Å²) >= 11 is -3.15. The van der Waals surface area contributed by atoms with Crippen molar-refractivity contribution in [3.63, 3.8) is 0 Å². The second-order valence-electron chi connectivity index (χ2n) is 0.706. The Labute approximate surface area is 46.0 Å². The molecule has 0 spiro atoms. The van der Waals surface area contributed by atoms with Gasteiger partial charge in [0.15, 0.2) is 0 Å². The number of halogens is 2. The van der Waals surface area contributed by atoms with E-state index in [1.54, 1.807) is 0 Å². The molecule has 0 aromatic heterocycles. The summed E-state index contributed by atoms with van der Waals surface area (Å²) in [7, 11) is -5.77. The Hall–Kier alpha value is 0.160. The second kappa shape index (κ2) is 2.63. The molecular formula is HF2O4PS. The predicted octanol–water partition coefficient (Wildman–Crippen LogP) is 1.19. The molecule has 0 saturated heterocycles. The quantitative estimate of drug-likeness (QED) is 0.494. The van der Waals surface area contributed by atoms with Crippen molar-refractivity contribution in [3.05, 3.63) is 0 Å². The lowest BCUT2D eigenvalue weighted by molar-refractivity contribution is 0.371. The van der Waals surface area contributed by atoms with Crippen molar-refractivity contribution in [2.75, 3.05) is 0 Å². The van der Waals surface area contributed by atoms with Crippen LogP contribution >= 0.6 is 7.99 Å². The van der Waals surface area contributed by atoms with Crippen molar-refractivity contribution in [1.82, 2.24) is 0 Å². The van der Waals surface area contributed by atoms with Gasteiger partial charge in [-0.15, -0.1) is 8.39 Å². The van der Waals surface area contributed by atoms with Crippen molar-refractivity contribution < 1.29 is 25.7 Å². The smallest absolute Gasteiger partial charge is 0.284 e. The van der Waals surface area contributed by atoms with Crippen molar-refractivity contribution in [2.24, 2.45) is 0 Å². The Morgan fingerprint density at radius 1 is 1.62 bits per heavy atom. The third kappa shape index (κ3) is 6.16. The van der Waals surface area contributed by atoms with E-state index < -0.39 is 19.4 Å². The minimum absolute atomic E-state index is 2.69. The Bertz CT molecular complexity index is 137. The molecule has 0 saturated carbocycles. The first-order chi connectivity index (χ1) is 3.42. The van der Waals surface area contributed by atoms with Crippen LogP contribution in [0.25, 0.3) is 0 Å². The maximum atomic E-state index is 11.0. The van der Waals surface area contributed by atoms with E-state index in [-0.39, 0.29) is 0 Å². The van der Waals surface area contributed by atoms with Crippen LogP contribution in [0.4, 0.5) is 8.39 Å². The number of hydrogen-bond acceptors (Lipinski definition) is 3. The molecule has 1 unspecified atom stereocenters. The molecule has 0 bridgehead atoms. The van der Waals surface area contributed by atoms with Gasteiger partial charge >= 0.3 is 19.4 Å². The molecule has 0 amide bonds. The first kappa shape index (κ1) is 8.16. The Morgan fingerprint density at radius 3 is 2.00 bits per heavy atom. The molecule has 1 atom stereocenters. The molecule has 0 aliphatic rings. The average Bonchev–Trinajstić information content (AvgIpc) is 1.21. The monoisotopic (exact) mass is 166 g/mol. The van der Waals surface area contributed by atoms with Gasteiger partial charge in [-0.2, -0.15) is 8.18 Å². The summed E-state index contributed by atoms with van der Waals surface area (Å²) in [6.07, 6.45) is 0. The van der Waals surface area contributed by atoms with Gasteiger partial charge in [0.2, 0.25) is 0 Å². The highest BCUT2D eigenvalue weighted by Gasteiger charge is 2.23. The average molecular weight is 166 g/mol. The zero-order valence-electron chi connectivity index (χ0n) is 3.28. The largest absolute Gasteiger partial charge is 0.567 e. The lowest BCUT2D eigenvalue weighted by atomic mass is 15.8. The molecule has 50 valence electrons. The zero-order valence-corrected chi connectivity index (χ0v) is 4.99. The van der Waals surface area contributed by atoms with E-state index in [1.807, 2.05) is 0 Å². The summed E-state index contributed by atoms with van der Waals surface area (Å²) in [5, 5.41) is 0. The van der Waals surface area contributed by atoms with Crippen molar-refractivity contribution in [3.8, 4) is 0 Å². The maximum absolute atomic E-state index is 11.0. The van der Waals surface area contributed by atoms with Crippen LogP contribution in [-0.4, -0.2) is 8.76 Å². The lowest BCUT2D eigenvalue weighted by Crippen LogP contribution is -1.85. The highest BCUT2D eigenvalue weighted by atomic mass is 32.2. The van der Waals surface area contributed by atoms with E-state index >= 15 is 0 Å². The SMILES string of the molecule is O=S(O)OP(=O)(F)F. The molecule has 0 heterocycles. The van der Waals surface area contributed by atoms with Crippen molar-refractivity contribution >= 4 is 19.4 Å². The molecule has 8 heavy (non-hydrogen) atoms. The lowest BCUT2D eigenvalue weighted by Gasteiger charge is -1.89. The van der Waals surface area contributed by atoms with Crippen LogP contribution in [0.2, 0.25) is 0 Å². The van der Waals surface area contributed by atoms with Crippen molar-refractivity contribution in [1.29, 1.82) is 0 Å². The summed E-state index contributed by atoms with van der Waals surface area (Å²) in [5.41, 5.74) is 0. The fraction of sp³-hybridized carbons (Fsp3) is 0. The van der Waals surface area contributed by atoms with E-state index in [1.165, 1.54) is 0 Å². The zero-order chi connectivity index (χ0) is 6.78. The molecule has 0 aromatic carbocycles. The molecular weight excluding hydrogens is 165 g/mol. The normalized spacial score (nSPS) is 15.9. The summed E-state index contributed by atoms with van der Waals surface area (Å²) < 4.78 is 50.4. The minimum atomic E-state index is -5.77. The molecule has 0 radical (unpaired) electrons. The van der Waals surface area contributed by atoms with Gasteiger partial charge in [-0.05, 0) is 0 Å². The van der Waals surface area contributed by atoms with Gasteiger partial charge in [0.05, 0.1) is 0 Å². The highest BCUT2D eigenvalue weighted by Crippen LogP contribution is 2.50. The van der Waals surface area contributed by atoms with Crippen LogP contribution in [0, 0.1) is 0 Å². The van der Waals surface area contributed by atoms with Gasteiger partial charge in [-0.25, -0.2) is 4.57 Å². The van der Waals surface area contributed by atoms with Gasteiger partial charge in [0, 0.05) is 0 Å². The molecule has 0 aliphatic heterocycles. The standard InChI is InChI=1S/F2HO4PS/c1-7(2,3)6-8(4)5/h(H,4,5). The fourth-order valence-corrected chi connectivity index (χ4v) is 0.668. The highest BCUT2D eigenvalue weighted by molar-refractivity contribution is 7.79. The third-order valence-electron chi connectivity index (χ3n) is 0.151. The second-order valence-corrected chi connectivity index (χ2v) is 2.57. The first-order valence-electron chi connectivity index (χ1n) is 1.22. The summed E-state index contributed by atoms with van der Waals surface area (Å²) in [5.74, 6) is 0. The Morgan fingerprint density at radius 2 is 2.00 bits per heavy atom. The minimum Gasteiger partial charge on any atom is -0.284 e. The molecule has 8 heteroatoms. The summed E-state index contributed by atoms with van der Waals surface area (Å²) in [6.45, 7) is 0. The van der Waals surface area contributed by atoms with Gasteiger partial charge in [0.25, 0.3) is 0 Å². The molecule has 4 nitrogen and oxygen atoms in total. The Balaban J connectivity index is 3.74. The van der Waals surface area contributed by atoms with Gasteiger partial charge in [0.1, 0.15) is 0 Å². The Kier molecular flexibility index (Phi) is 2.68. The van der Waals surface area contributed by atoms with Crippen molar-refractivity contribution in [2.45, 2.75) is 0 Å². The maximum Gasteiger partial charge on any atom is 0.567 e. The van der Waals surface area contributed by atoms with E-state index in [2.05, 4.69) is 3.97 Å². The van der Waals surface area contributed by atoms with Gasteiger partial charge < -0.3 is 0 Å². The molecule has 0 aliphatic carbocycles. The van der Waals surface area contributed by atoms with Crippen LogP contribution in [0.1, 0.15) is 0 Å². The molecule has 0 aromatic rings. The third-order valence-corrected chi connectivity index (χ3v) is 1.35. The first-order valence-corrected chi connectivity index (χ1v) is 3.66. The van der Waals surface area contributed by atoms with Crippen LogP contribution in [0.5, 0.6) is 0 Å². The number of hydrogen-bond donors (Lipinski definition) is 1. The molecule has 1 N–H and O–H groups in total. The van der Waals surface area contributed by atoms with E-state index in [4.69, 9.17) is 9.12 Å². The van der Waals surface area contributed by atoms with E-state index in [9.17, 15) is 12.6 Å². The predicted molar refractivity (Wildman–Crippen MR) is 21.7 cm³/mol. The molecule has 0 rings (SSSR count).